The summed E-state index contributed by atoms with van der Waals surface area (Å²) in [7, 11) is 3.23. The number of aryl methyl sites for hydroxylation is 1. The Bertz CT molecular complexity index is 870. The average Bonchev–Trinajstić information content (AvgIpc) is 2.68. The Hall–Kier alpha value is -2.21. The Morgan fingerprint density at radius 3 is 2.70 bits per heavy atom. The van der Waals surface area contributed by atoms with Crippen molar-refractivity contribution in [2.24, 2.45) is 10.9 Å². The molecule has 1 aromatic rings. The van der Waals surface area contributed by atoms with Crippen LogP contribution >= 0.6 is 11.8 Å². The minimum absolute atomic E-state index is 0.189. The van der Waals surface area contributed by atoms with Gasteiger partial charge in [0, 0.05) is 10.7 Å². The lowest BCUT2D eigenvalue weighted by Crippen LogP contribution is -2.52. The van der Waals surface area contributed by atoms with E-state index < -0.39 is 5.92 Å². The van der Waals surface area contributed by atoms with Crippen molar-refractivity contribution in [3.63, 3.8) is 0 Å². The number of rotatable bonds is 6. The number of hydrogen-bond acceptors (Lipinski definition) is 4. The maximum Gasteiger partial charge on any atom is 0.445 e. The van der Waals surface area contributed by atoms with Gasteiger partial charge in [-0.25, -0.2) is 4.79 Å². The van der Waals surface area contributed by atoms with Gasteiger partial charge in [0.1, 0.15) is 6.21 Å². The number of nitrogens with zero attached hydrogens (tertiary/aromatic N) is 3. The first-order valence-electron chi connectivity index (χ1n) is 9.32. The van der Waals surface area contributed by atoms with E-state index in [9.17, 15) is 9.59 Å². The van der Waals surface area contributed by atoms with Crippen LogP contribution in [0.5, 0.6) is 0 Å². The molecule has 0 saturated carbocycles. The predicted octanol–water partition coefficient (Wildman–Crippen LogP) is 4.01. The summed E-state index contributed by atoms with van der Waals surface area (Å²) < 4.78 is 1.49. The second kappa shape index (κ2) is 8.21. The number of amidine groups is 1. The Morgan fingerprint density at radius 2 is 2.00 bits per heavy atom. The molecule has 0 spiro atoms. The number of carbonyl (C=O) groups is 2. The van der Waals surface area contributed by atoms with Gasteiger partial charge in [-0.15, -0.1) is 16.8 Å². The van der Waals surface area contributed by atoms with Crippen LogP contribution in [0.4, 0.5) is 4.79 Å². The predicted molar refractivity (Wildman–Crippen MR) is 110 cm³/mol. The minimum Gasteiger partial charge on any atom is -0.255 e. The van der Waals surface area contributed by atoms with Gasteiger partial charge in [0.2, 0.25) is 0 Å². The lowest BCUT2D eigenvalue weighted by molar-refractivity contribution is -0.407. The van der Waals surface area contributed by atoms with E-state index in [0.717, 1.165) is 35.5 Å². The standard InChI is InChI=1S/C21H26N3O2S/c1-5-6-10-15-12-22-19-17(20(25)24(4)21(26)23(19)3)18(15)27-13-16-11-8-7-9-14(16)2/h7-9,11-12,17H,5-6,10,13H2,1-4H3/q+1. The summed E-state index contributed by atoms with van der Waals surface area (Å²) in [6, 6.07) is 7.98. The molecule has 27 heavy (non-hydrogen) atoms. The van der Waals surface area contributed by atoms with Crippen LogP contribution in [0.3, 0.4) is 0 Å². The Labute approximate surface area is 164 Å². The second-order valence-electron chi connectivity index (χ2n) is 7.00. The first-order valence-corrected chi connectivity index (χ1v) is 10.3. The van der Waals surface area contributed by atoms with Gasteiger partial charge in [-0.1, -0.05) is 37.6 Å². The van der Waals surface area contributed by atoms with Crippen molar-refractivity contribution in [1.82, 2.24) is 4.90 Å². The lowest BCUT2D eigenvalue weighted by Gasteiger charge is -2.28. The van der Waals surface area contributed by atoms with E-state index in [1.807, 2.05) is 18.3 Å². The van der Waals surface area contributed by atoms with E-state index in [-0.39, 0.29) is 11.9 Å². The number of urea groups is 1. The fourth-order valence-corrected chi connectivity index (χ4v) is 4.71. The van der Waals surface area contributed by atoms with Crippen molar-refractivity contribution < 1.29 is 14.2 Å². The highest BCUT2D eigenvalue weighted by Gasteiger charge is 2.48. The van der Waals surface area contributed by atoms with Crippen LogP contribution in [0.15, 0.2) is 39.7 Å². The van der Waals surface area contributed by atoms with Crippen molar-refractivity contribution in [3.05, 3.63) is 45.9 Å². The summed E-state index contributed by atoms with van der Waals surface area (Å²) in [5.74, 6) is 0.662. The molecule has 0 bridgehead atoms. The number of benzene rings is 1. The molecule has 0 N–H and O–H groups in total. The van der Waals surface area contributed by atoms with Crippen molar-refractivity contribution in [3.8, 4) is 0 Å². The van der Waals surface area contributed by atoms with Gasteiger partial charge in [-0.3, -0.25) is 4.79 Å². The molecule has 0 radical (unpaired) electrons. The van der Waals surface area contributed by atoms with Crippen LogP contribution in [0, 0.1) is 12.8 Å². The molecule has 1 atom stereocenters. The minimum atomic E-state index is -0.483. The monoisotopic (exact) mass is 384 g/mol. The highest BCUT2D eigenvalue weighted by atomic mass is 32.2. The molecule has 2 aliphatic rings. The van der Waals surface area contributed by atoms with E-state index in [0.29, 0.717) is 5.84 Å². The molecule has 3 amide bonds. The van der Waals surface area contributed by atoms with Gasteiger partial charge in [-0.05, 0) is 36.5 Å². The van der Waals surface area contributed by atoms with Crippen molar-refractivity contribution >= 4 is 35.8 Å². The number of thioether (sulfide) groups is 1. The fraction of sp³-hybridized carbons (Fsp3) is 0.429. The maximum absolute atomic E-state index is 13.0. The van der Waals surface area contributed by atoms with Crippen LogP contribution in [0.2, 0.25) is 0 Å². The molecular formula is C21H26N3O2S+. The number of fused-ring (bicyclic) bond motifs is 1. The van der Waals surface area contributed by atoms with E-state index in [4.69, 9.17) is 0 Å². The summed E-state index contributed by atoms with van der Waals surface area (Å²) in [6.07, 6.45) is 4.88. The SMILES string of the molecule is CCCCC1=C(SCc2ccccc2C)C2C(=O)N(C)C(=O)[N+](C)=C2N=C1. The molecule has 2 aliphatic heterocycles. The first-order chi connectivity index (χ1) is 13.0. The normalized spacial score (nSPS) is 19.9. The Balaban J connectivity index is 1.99. The number of aliphatic imine (C=N–C) groups is 1. The summed E-state index contributed by atoms with van der Waals surface area (Å²) in [6.45, 7) is 4.26. The quantitative estimate of drug-likeness (QED) is 0.697. The zero-order valence-electron chi connectivity index (χ0n) is 16.4. The van der Waals surface area contributed by atoms with Gasteiger partial charge in [0.15, 0.2) is 5.92 Å². The molecular weight excluding hydrogens is 358 g/mol. The molecule has 142 valence electrons. The maximum atomic E-state index is 13.0. The van der Waals surface area contributed by atoms with Gasteiger partial charge in [-0.2, -0.15) is 9.48 Å². The highest BCUT2D eigenvalue weighted by molar-refractivity contribution is 8.02. The van der Waals surface area contributed by atoms with Gasteiger partial charge in [0.05, 0.1) is 14.1 Å². The largest absolute Gasteiger partial charge is 0.445 e. The summed E-state index contributed by atoms with van der Waals surface area (Å²) in [5.41, 5.74) is 3.62. The Kier molecular flexibility index (Phi) is 5.95. The number of dihydropyridines is 1. The molecule has 0 saturated heterocycles. The van der Waals surface area contributed by atoms with Crippen LogP contribution in [-0.2, 0) is 10.5 Å². The van der Waals surface area contributed by atoms with Gasteiger partial charge >= 0.3 is 11.9 Å². The van der Waals surface area contributed by atoms with E-state index in [2.05, 4.69) is 31.0 Å². The molecule has 3 rings (SSSR count). The average molecular weight is 385 g/mol. The molecule has 0 aliphatic carbocycles. The highest BCUT2D eigenvalue weighted by Crippen LogP contribution is 2.38. The van der Waals surface area contributed by atoms with Gasteiger partial charge < -0.3 is 0 Å². The zero-order chi connectivity index (χ0) is 19.6. The molecule has 6 heteroatoms. The third kappa shape index (κ3) is 3.76. The van der Waals surface area contributed by atoms with Gasteiger partial charge in [0.25, 0.3) is 5.84 Å². The van der Waals surface area contributed by atoms with Crippen molar-refractivity contribution in [2.45, 2.75) is 38.9 Å². The second-order valence-corrected chi connectivity index (χ2v) is 8.01. The number of hydrogen-bond donors (Lipinski definition) is 0. The van der Waals surface area contributed by atoms with Crippen molar-refractivity contribution in [2.75, 3.05) is 14.1 Å². The molecule has 5 nitrogen and oxygen atoms in total. The van der Waals surface area contributed by atoms with E-state index >= 15 is 0 Å². The molecule has 1 unspecified atom stereocenters. The number of imide groups is 1. The fourth-order valence-electron chi connectivity index (χ4n) is 3.36. The molecule has 2 heterocycles. The van der Waals surface area contributed by atoms with Crippen molar-refractivity contribution in [1.29, 1.82) is 0 Å². The van der Waals surface area contributed by atoms with Crippen LogP contribution in [0.25, 0.3) is 0 Å². The molecule has 0 fully saturated rings. The number of amides is 3. The zero-order valence-corrected chi connectivity index (χ0v) is 17.2. The summed E-state index contributed by atoms with van der Waals surface area (Å²) in [4.78, 5) is 32.0. The van der Waals surface area contributed by atoms with Crippen LogP contribution in [0.1, 0.15) is 37.3 Å². The third-order valence-electron chi connectivity index (χ3n) is 5.13. The topological polar surface area (TPSA) is 52.8 Å². The number of allylic oxidation sites excluding steroid dienone is 1. The Morgan fingerprint density at radius 1 is 1.26 bits per heavy atom. The smallest absolute Gasteiger partial charge is 0.255 e. The first kappa shape index (κ1) is 19.5. The number of unbranched alkanes of at least 4 members (excludes halogenated alkanes) is 1. The summed E-state index contributed by atoms with van der Waals surface area (Å²) >= 11 is 1.70. The van der Waals surface area contributed by atoms with E-state index in [1.165, 1.54) is 20.6 Å². The van der Waals surface area contributed by atoms with Crippen LogP contribution < -0.4 is 0 Å². The number of carbonyl (C=O) groups excluding carboxylic acids is 2. The van der Waals surface area contributed by atoms with E-state index in [1.54, 1.807) is 25.9 Å². The third-order valence-corrected chi connectivity index (χ3v) is 6.39. The summed E-state index contributed by atoms with van der Waals surface area (Å²) in [5, 5.41) is 0. The molecule has 1 aromatic carbocycles. The molecule has 0 aromatic heterocycles. The lowest BCUT2D eigenvalue weighted by atomic mass is 9.96. The van der Waals surface area contributed by atoms with Crippen LogP contribution in [-0.4, -0.2) is 47.6 Å².